The fraction of sp³-hybridized carbons (Fsp3) is 0.654. The van der Waals surface area contributed by atoms with Crippen molar-refractivity contribution in [1.29, 1.82) is 0 Å². The molecule has 3 unspecified atom stereocenters. The molecule has 9 atom stereocenters. The Labute approximate surface area is 410 Å². The molecular weight excluding hydrogens is 885 g/mol. The van der Waals surface area contributed by atoms with E-state index in [-0.39, 0.29) is 78.9 Å². The Hall–Kier alpha value is -5.42. The van der Waals surface area contributed by atoms with Crippen LogP contribution < -0.4 is 10.6 Å². The number of unbranched alkanes of at least 4 members (excludes halogenated alkanes) is 2. The Bertz CT molecular complexity index is 1960. The van der Waals surface area contributed by atoms with Crippen LogP contribution in [0.2, 0.25) is 0 Å². The standard InChI is InChI=1S/C52H80N6O11/c1-14-35(8)47(56(11)51(65)45(32(2)3)54-50(64)46(33(4)5)55(10)41(59)25-19-16-20-28-58-42(60)26-27-43(58)61)40(67-12)31-44(62)57-29-21-24-39(57)48(68-13)36(9)49(63)53-38(52(66)69-34(6)7)30-37-22-17-15-18-23-37/h15,17-18,22-23,26-27,32-33,35-36,38-40,45-48H,6,14,16,19-21,24-25,28-31H2,1-5,7-13H3,(H,53,63)(H,54,64)/t35-,36?,38-,39-,40?,45-,46?,47-,48+/m0/s1. The lowest BCUT2D eigenvalue weighted by atomic mass is 9.89. The van der Waals surface area contributed by atoms with E-state index in [4.69, 9.17) is 14.2 Å². The maximum Gasteiger partial charge on any atom is 0.334 e. The fourth-order valence-corrected chi connectivity index (χ4v) is 9.50. The number of methoxy groups -OCH3 is 2. The van der Waals surface area contributed by atoms with Gasteiger partial charge in [0.15, 0.2) is 0 Å². The van der Waals surface area contributed by atoms with Gasteiger partial charge in [0.2, 0.25) is 29.5 Å². The summed E-state index contributed by atoms with van der Waals surface area (Å²) in [4.78, 5) is 113. The minimum atomic E-state index is -0.997. The van der Waals surface area contributed by atoms with Gasteiger partial charge in [0, 0.05) is 66.4 Å². The molecule has 0 aromatic heterocycles. The second-order valence-corrected chi connectivity index (χ2v) is 19.4. The number of allylic oxidation sites excluding steroid dienone is 1. The predicted molar refractivity (Wildman–Crippen MR) is 262 cm³/mol. The van der Waals surface area contributed by atoms with Crippen molar-refractivity contribution < 1.29 is 52.6 Å². The molecular formula is C52H80N6O11. The third-order valence-electron chi connectivity index (χ3n) is 13.5. The average Bonchev–Trinajstić information content (AvgIpc) is 3.92. The van der Waals surface area contributed by atoms with Gasteiger partial charge in [0.05, 0.1) is 42.4 Å². The lowest BCUT2D eigenvalue weighted by Gasteiger charge is -2.41. The van der Waals surface area contributed by atoms with Gasteiger partial charge in [0.25, 0.3) is 11.8 Å². The molecule has 1 fully saturated rings. The van der Waals surface area contributed by atoms with Crippen molar-refractivity contribution >= 4 is 47.3 Å². The molecule has 17 nitrogen and oxygen atoms in total. The molecule has 2 aliphatic rings. The smallest absolute Gasteiger partial charge is 0.334 e. The van der Waals surface area contributed by atoms with Gasteiger partial charge in [-0.3, -0.25) is 38.5 Å². The molecule has 17 heteroatoms. The Kier molecular flexibility index (Phi) is 23.2. The van der Waals surface area contributed by atoms with Crippen molar-refractivity contribution in [3.05, 3.63) is 60.4 Å². The highest BCUT2D eigenvalue weighted by molar-refractivity contribution is 6.12. The highest BCUT2D eigenvalue weighted by Gasteiger charge is 2.44. The van der Waals surface area contributed by atoms with Gasteiger partial charge < -0.3 is 39.5 Å². The monoisotopic (exact) mass is 965 g/mol. The highest BCUT2D eigenvalue weighted by atomic mass is 16.5. The van der Waals surface area contributed by atoms with Gasteiger partial charge in [-0.05, 0) is 55.9 Å². The Balaban J connectivity index is 1.73. The molecule has 2 heterocycles. The lowest BCUT2D eigenvalue weighted by Crippen LogP contribution is -2.60. The number of hydrogen-bond donors (Lipinski definition) is 2. The third kappa shape index (κ3) is 16.1. The van der Waals surface area contributed by atoms with Gasteiger partial charge in [-0.25, -0.2) is 4.79 Å². The first-order valence-electron chi connectivity index (χ1n) is 24.5. The van der Waals surface area contributed by atoms with E-state index in [1.165, 1.54) is 36.2 Å². The van der Waals surface area contributed by atoms with Crippen LogP contribution in [0.1, 0.15) is 112 Å². The molecule has 0 saturated carbocycles. The van der Waals surface area contributed by atoms with Crippen LogP contribution in [0.15, 0.2) is 54.8 Å². The zero-order valence-electron chi connectivity index (χ0n) is 43.2. The SMILES string of the molecule is C=C(C)OC(=O)[C@H](Cc1ccccc1)NC(=O)C(C)[C@@H](OC)[C@@H]1CCCN1C(=O)CC(OC)[C@H]([C@@H](C)CC)N(C)C(=O)[C@@H](NC(=O)C(C(C)C)N(C)C(=O)CCCCCN1C(=O)C=CC1=O)C(C)C. The lowest BCUT2D eigenvalue weighted by molar-refractivity contribution is -0.149. The van der Waals surface area contributed by atoms with Crippen LogP contribution in [-0.4, -0.2) is 151 Å². The van der Waals surface area contributed by atoms with Crippen LogP contribution in [0.4, 0.5) is 0 Å². The zero-order valence-corrected chi connectivity index (χ0v) is 43.2. The molecule has 0 aliphatic carbocycles. The van der Waals surface area contributed by atoms with Crippen molar-refractivity contribution in [2.45, 2.75) is 156 Å². The molecule has 1 saturated heterocycles. The minimum Gasteiger partial charge on any atom is -0.430 e. The number of rotatable bonds is 28. The number of nitrogens with zero attached hydrogens (tertiary/aromatic N) is 4. The first-order chi connectivity index (χ1) is 32.6. The van der Waals surface area contributed by atoms with Crippen LogP contribution in [-0.2, 0) is 59.0 Å². The maximum absolute atomic E-state index is 14.6. The fourth-order valence-electron chi connectivity index (χ4n) is 9.50. The zero-order chi connectivity index (χ0) is 51.7. The summed E-state index contributed by atoms with van der Waals surface area (Å²) in [6.45, 7) is 19.0. The number of likely N-dealkylation sites (N-methyl/N-ethyl adjacent to an activating group) is 2. The quantitative estimate of drug-likeness (QED) is 0.0505. The molecule has 2 aliphatic heterocycles. The summed E-state index contributed by atoms with van der Waals surface area (Å²) in [6, 6.07) is 5.39. The average molecular weight is 965 g/mol. The highest BCUT2D eigenvalue weighted by Crippen LogP contribution is 2.30. The first kappa shape index (κ1) is 57.9. The minimum absolute atomic E-state index is 0.0741. The van der Waals surface area contributed by atoms with Crippen LogP contribution in [0, 0.1) is 23.7 Å². The van der Waals surface area contributed by atoms with Crippen LogP contribution in [0.25, 0.3) is 0 Å². The summed E-state index contributed by atoms with van der Waals surface area (Å²) < 4.78 is 17.3. The summed E-state index contributed by atoms with van der Waals surface area (Å²) in [5.41, 5.74) is 0.828. The number of carbonyl (C=O) groups is 8. The van der Waals surface area contributed by atoms with Crippen LogP contribution in [0.3, 0.4) is 0 Å². The summed E-state index contributed by atoms with van der Waals surface area (Å²) in [5.74, 6) is -4.40. The predicted octanol–water partition coefficient (Wildman–Crippen LogP) is 4.82. The molecule has 3 rings (SSSR count). The van der Waals surface area contributed by atoms with E-state index < -0.39 is 66.1 Å². The first-order valence-corrected chi connectivity index (χ1v) is 24.5. The molecule has 2 N–H and O–H groups in total. The van der Waals surface area contributed by atoms with Crippen molar-refractivity contribution in [3.63, 3.8) is 0 Å². The molecule has 1 aromatic carbocycles. The maximum atomic E-state index is 14.6. The molecule has 69 heavy (non-hydrogen) atoms. The van der Waals surface area contributed by atoms with E-state index in [0.29, 0.717) is 45.1 Å². The number of hydrogen-bond acceptors (Lipinski definition) is 11. The number of carbonyl (C=O) groups excluding carboxylic acids is 8. The number of ether oxygens (including phenoxy) is 3. The molecule has 7 amide bonds. The van der Waals surface area contributed by atoms with E-state index >= 15 is 0 Å². The molecule has 0 spiro atoms. The van der Waals surface area contributed by atoms with Gasteiger partial charge in [0.1, 0.15) is 18.1 Å². The number of likely N-dealkylation sites (tertiary alicyclic amines) is 1. The van der Waals surface area contributed by atoms with Gasteiger partial charge in [-0.1, -0.05) is 98.2 Å². The van der Waals surface area contributed by atoms with Gasteiger partial charge in [-0.2, -0.15) is 0 Å². The Morgan fingerprint density at radius 2 is 1.48 bits per heavy atom. The van der Waals surface area contributed by atoms with Crippen LogP contribution in [0.5, 0.6) is 0 Å². The Morgan fingerprint density at radius 1 is 0.841 bits per heavy atom. The van der Waals surface area contributed by atoms with Gasteiger partial charge in [-0.15, -0.1) is 0 Å². The van der Waals surface area contributed by atoms with Crippen LogP contribution >= 0.6 is 0 Å². The van der Waals surface area contributed by atoms with E-state index in [1.54, 1.807) is 37.7 Å². The molecule has 0 radical (unpaired) electrons. The molecule has 384 valence electrons. The molecule has 1 aromatic rings. The largest absolute Gasteiger partial charge is 0.430 e. The Morgan fingerprint density at radius 3 is 2.03 bits per heavy atom. The number of amides is 7. The number of esters is 1. The van der Waals surface area contributed by atoms with E-state index in [2.05, 4.69) is 17.2 Å². The summed E-state index contributed by atoms with van der Waals surface area (Å²) in [6.07, 6.45) is 4.88. The summed E-state index contributed by atoms with van der Waals surface area (Å²) in [5, 5.41) is 5.84. The van der Waals surface area contributed by atoms with Crippen molar-refractivity contribution in [2.75, 3.05) is 41.4 Å². The van der Waals surface area contributed by atoms with E-state index in [0.717, 1.165) is 5.56 Å². The number of benzene rings is 1. The van der Waals surface area contributed by atoms with E-state index in [1.807, 2.05) is 71.9 Å². The summed E-state index contributed by atoms with van der Waals surface area (Å²) >= 11 is 0. The second-order valence-electron chi connectivity index (χ2n) is 19.4. The normalized spacial score (nSPS) is 18.3. The van der Waals surface area contributed by atoms with Crippen molar-refractivity contribution in [1.82, 2.24) is 30.2 Å². The van der Waals surface area contributed by atoms with Crippen molar-refractivity contribution in [2.24, 2.45) is 23.7 Å². The second kappa shape index (κ2) is 27.7. The van der Waals surface area contributed by atoms with Crippen molar-refractivity contribution in [3.8, 4) is 0 Å². The number of imide groups is 1. The number of nitrogens with one attached hydrogen (secondary N) is 2. The summed E-state index contributed by atoms with van der Waals surface area (Å²) in [7, 11) is 6.26. The van der Waals surface area contributed by atoms with Gasteiger partial charge >= 0.3 is 5.97 Å². The topological polar surface area (TPSA) is 201 Å². The molecule has 0 bridgehead atoms. The third-order valence-corrected chi connectivity index (χ3v) is 13.5. The van der Waals surface area contributed by atoms with E-state index in [9.17, 15) is 38.4 Å².